The van der Waals surface area contributed by atoms with Crippen LogP contribution < -0.4 is 5.32 Å². The van der Waals surface area contributed by atoms with Crippen molar-refractivity contribution >= 4 is 62.3 Å². The van der Waals surface area contributed by atoms with Crippen LogP contribution >= 0.6 is 46.4 Å². The van der Waals surface area contributed by atoms with E-state index in [-0.39, 0.29) is 11.5 Å². The smallest absolute Gasteiger partial charge is 0.408 e. The molecular formula is C16H13Cl4NO4S. The number of benzene rings is 2. The van der Waals surface area contributed by atoms with Gasteiger partial charge in [-0.3, -0.25) is 0 Å². The zero-order valence-electron chi connectivity index (χ0n) is 13.0. The highest BCUT2D eigenvalue weighted by Gasteiger charge is 2.45. The van der Waals surface area contributed by atoms with Gasteiger partial charge in [0.25, 0.3) is 0 Å². The van der Waals surface area contributed by atoms with Gasteiger partial charge in [0.1, 0.15) is 6.61 Å². The molecule has 1 amide bonds. The second kappa shape index (κ2) is 8.67. The predicted molar refractivity (Wildman–Crippen MR) is 102 cm³/mol. The van der Waals surface area contributed by atoms with Gasteiger partial charge in [0.15, 0.2) is 5.37 Å². The molecule has 0 spiro atoms. The molecule has 0 radical (unpaired) electrons. The van der Waals surface area contributed by atoms with Crippen molar-refractivity contribution < 1.29 is 17.9 Å². The molecule has 0 aromatic heterocycles. The summed E-state index contributed by atoms with van der Waals surface area (Å²) in [7, 11) is -4.22. The Labute approximate surface area is 171 Å². The summed E-state index contributed by atoms with van der Waals surface area (Å²) in [4.78, 5) is 11.8. The number of halogens is 4. The summed E-state index contributed by atoms with van der Waals surface area (Å²) in [6.45, 7) is -0.0692. The molecule has 0 saturated heterocycles. The Kier molecular flexibility index (Phi) is 7.05. The van der Waals surface area contributed by atoms with Crippen LogP contribution in [0.25, 0.3) is 0 Å². The quantitative estimate of drug-likeness (QED) is 0.659. The topological polar surface area (TPSA) is 72.5 Å². The fourth-order valence-electron chi connectivity index (χ4n) is 1.97. The first-order chi connectivity index (χ1) is 12.1. The van der Waals surface area contributed by atoms with Crippen LogP contribution in [0.5, 0.6) is 0 Å². The number of alkyl carbamates (subject to hydrolysis) is 1. The third kappa shape index (κ3) is 5.66. The van der Waals surface area contributed by atoms with Crippen molar-refractivity contribution in [3.8, 4) is 0 Å². The van der Waals surface area contributed by atoms with Crippen molar-refractivity contribution in [2.24, 2.45) is 0 Å². The van der Waals surface area contributed by atoms with E-state index in [0.29, 0.717) is 10.6 Å². The number of carbonyl (C=O) groups excluding carboxylic acids is 1. The Morgan fingerprint density at radius 3 is 2.15 bits per heavy atom. The number of ether oxygens (including phenoxy) is 1. The molecule has 0 heterocycles. The number of hydrogen-bond acceptors (Lipinski definition) is 4. The summed E-state index contributed by atoms with van der Waals surface area (Å²) >= 11 is 23.1. The summed E-state index contributed by atoms with van der Waals surface area (Å²) in [5.74, 6) is 0. The van der Waals surface area contributed by atoms with Gasteiger partial charge in [-0.2, -0.15) is 0 Å². The van der Waals surface area contributed by atoms with Gasteiger partial charge in [0, 0.05) is 5.02 Å². The van der Waals surface area contributed by atoms with E-state index in [4.69, 9.17) is 51.1 Å². The van der Waals surface area contributed by atoms with Gasteiger partial charge in [-0.1, -0.05) is 76.7 Å². The summed E-state index contributed by atoms with van der Waals surface area (Å²) in [5.41, 5.74) is 0.716. The van der Waals surface area contributed by atoms with E-state index < -0.39 is 25.1 Å². The molecule has 10 heteroatoms. The van der Waals surface area contributed by atoms with Gasteiger partial charge < -0.3 is 10.1 Å². The van der Waals surface area contributed by atoms with Crippen molar-refractivity contribution in [3.05, 3.63) is 65.2 Å². The molecule has 1 atom stereocenters. The first kappa shape index (κ1) is 21.1. The molecule has 26 heavy (non-hydrogen) atoms. The second-order valence-corrected chi connectivity index (χ2v) is 9.96. The van der Waals surface area contributed by atoms with E-state index in [2.05, 4.69) is 5.32 Å². The largest absolute Gasteiger partial charge is 0.445 e. The molecule has 0 saturated carbocycles. The number of amides is 1. The maximum absolute atomic E-state index is 12.7. The number of hydrogen-bond donors (Lipinski definition) is 1. The standard InChI is InChI=1S/C16H13Cl4NO4S/c17-12-6-8-13(9-7-12)26(23,24)14(16(18,19)20)21-15(22)25-10-11-4-2-1-3-5-11/h1-9,14H,10H2,(H,21,22)/t14-/m1/s1. The van der Waals surface area contributed by atoms with Crippen LogP contribution in [-0.2, 0) is 21.2 Å². The minimum absolute atomic E-state index is 0.0692. The Hall–Kier alpha value is -1.18. The van der Waals surface area contributed by atoms with Gasteiger partial charge in [0.2, 0.25) is 13.6 Å². The first-order valence-electron chi connectivity index (χ1n) is 7.14. The molecule has 0 aliphatic carbocycles. The number of sulfone groups is 1. The third-order valence-corrected chi connectivity index (χ3v) is 6.53. The van der Waals surface area contributed by atoms with E-state index in [1.165, 1.54) is 24.3 Å². The molecule has 0 bridgehead atoms. The SMILES string of the molecule is O=C(N[C@@H](C(Cl)(Cl)Cl)S(=O)(=O)c1ccc(Cl)cc1)OCc1ccccc1. The van der Waals surface area contributed by atoms with Gasteiger partial charge in [0.05, 0.1) is 4.90 Å². The van der Waals surface area contributed by atoms with Crippen molar-refractivity contribution in [1.82, 2.24) is 5.32 Å². The fourth-order valence-corrected chi connectivity index (χ4v) is 4.70. The lowest BCUT2D eigenvalue weighted by molar-refractivity contribution is 0.138. The minimum Gasteiger partial charge on any atom is -0.445 e. The molecule has 1 N–H and O–H groups in total. The lowest BCUT2D eigenvalue weighted by atomic mass is 10.2. The van der Waals surface area contributed by atoms with Crippen LogP contribution in [0.2, 0.25) is 5.02 Å². The van der Waals surface area contributed by atoms with Crippen LogP contribution in [-0.4, -0.2) is 23.7 Å². The van der Waals surface area contributed by atoms with Crippen molar-refractivity contribution in [1.29, 1.82) is 0 Å². The lowest BCUT2D eigenvalue weighted by Gasteiger charge is -2.25. The first-order valence-corrected chi connectivity index (χ1v) is 10.2. The average Bonchev–Trinajstić information content (AvgIpc) is 2.58. The highest BCUT2D eigenvalue weighted by molar-refractivity contribution is 7.92. The van der Waals surface area contributed by atoms with E-state index in [1.807, 2.05) is 0 Å². The molecule has 2 aromatic rings. The molecular weight excluding hydrogens is 444 g/mol. The van der Waals surface area contributed by atoms with Crippen LogP contribution in [0, 0.1) is 0 Å². The number of nitrogens with one attached hydrogen (secondary N) is 1. The summed E-state index contributed by atoms with van der Waals surface area (Å²) in [5, 5.41) is 0.583. The zero-order valence-corrected chi connectivity index (χ0v) is 16.9. The van der Waals surface area contributed by atoms with E-state index in [0.717, 1.165) is 0 Å². The highest BCUT2D eigenvalue weighted by Crippen LogP contribution is 2.36. The van der Waals surface area contributed by atoms with Crippen molar-refractivity contribution in [2.75, 3.05) is 0 Å². The molecule has 0 unspecified atom stereocenters. The number of carbonyl (C=O) groups is 1. The summed E-state index contributed by atoms with van der Waals surface area (Å²) < 4.78 is 28.1. The van der Waals surface area contributed by atoms with Gasteiger partial charge >= 0.3 is 6.09 Å². The molecule has 0 aliphatic rings. The average molecular weight is 457 g/mol. The third-order valence-electron chi connectivity index (χ3n) is 3.21. The van der Waals surface area contributed by atoms with Crippen molar-refractivity contribution in [2.45, 2.75) is 20.7 Å². The van der Waals surface area contributed by atoms with Gasteiger partial charge in [-0.25, -0.2) is 13.2 Å². The molecule has 0 aliphatic heterocycles. The Morgan fingerprint density at radius 2 is 1.62 bits per heavy atom. The normalized spacial score (nSPS) is 13.1. The van der Waals surface area contributed by atoms with Crippen LogP contribution in [0.1, 0.15) is 5.56 Å². The molecule has 2 rings (SSSR count). The minimum atomic E-state index is -4.22. The molecule has 2 aromatic carbocycles. The zero-order chi connectivity index (χ0) is 19.4. The van der Waals surface area contributed by atoms with Gasteiger partial charge in [-0.05, 0) is 29.8 Å². The van der Waals surface area contributed by atoms with Crippen molar-refractivity contribution in [3.63, 3.8) is 0 Å². The Morgan fingerprint density at radius 1 is 1.04 bits per heavy atom. The molecule has 0 fully saturated rings. The molecule has 140 valence electrons. The predicted octanol–water partition coefficient (Wildman–Crippen LogP) is 4.74. The van der Waals surface area contributed by atoms with E-state index >= 15 is 0 Å². The number of rotatable bonds is 5. The van der Waals surface area contributed by atoms with Crippen LogP contribution in [0.3, 0.4) is 0 Å². The lowest BCUT2D eigenvalue weighted by Crippen LogP contribution is -2.49. The highest BCUT2D eigenvalue weighted by atomic mass is 35.6. The monoisotopic (exact) mass is 455 g/mol. The van der Waals surface area contributed by atoms with Crippen LogP contribution in [0.15, 0.2) is 59.5 Å². The summed E-state index contributed by atoms with van der Waals surface area (Å²) in [6.07, 6.45) is -1.04. The maximum Gasteiger partial charge on any atom is 0.408 e. The van der Waals surface area contributed by atoms with Gasteiger partial charge in [-0.15, -0.1) is 0 Å². The molecule has 5 nitrogen and oxygen atoms in total. The number of alkyl halides is 3. The van der Waals surface area contributed by atoms with E-state index in [9.17, 15) is 13.2 Å². The fraction of sp³-hybridized carbons (Fsp3) is 0.188. The Balaban J connectivity index is 2.17. The van der Waals surface area contributed by atoms with Crippen LogP contribution in [0.4, 0.5) is 4.79 Å². The Bertz CT molecular complexity index is 852. The van der Waals surface area contributed by atoms with E-state index in [1.54, 1.807) is 30.3 Å². The second-order valence-electron chi connectivity index (χ2n) is 5.13. The maximum atomic E-state index is 12.7. The summed E-state index contributed by atoms with van der Waals surface area (Å²) in [6, 6.07) is 14.1.